The minimum atomic E-state index is -4.45. The number of hydrogen-bond acceptors (Lipinski definition) is 3. The Kier molecular flexibility index (Phi) is 5.22. The first-order valence-electron chi connectivity index (χ1n) is 9.74. The summed E-state index contributed by atoms with van der Waals surface area (Å²) in [4.78, 5) is 10.3. The Morgan fingerprint density at radius 1 is 1.00 bits per heavy atom. The van der Waals surface area contributed by atoms with Crippen LogP contribution in [-0.4, -0.2) is 22.7 Å². The summed E-state index contributed by atoms with van der Waals surface area (Å²) < 4.78 is 55.6. The third kappa shape index (κ3) is 3.88. The molecule has 0 bridgehead atoms. The number of alkyl halides is 3. The highest BCUT2D eigenvalue weighted by Gasteiger charge is 2.48. The van der Waals surface area contributed by atoms with Crippen molar-refractivity contribution in [3.8, 4) is 0 Å². The molecule has 0 saturated heterocycles. The van der Waals surface area contributed by atoms with Gasteiger partial charge in [-0.2, -0.15) is 13.2 Å². The highest BCUT2D eigenvalue weighted by atomic mass is 19.4. The lowest BCUT2D eigenvalue weighted by molar-refractivity contribution is -0.151. The van der Waals surface area contributed by atoms with E-state index >= 15 is 0 Å². The van der Waals surface area contributed by atoms with Crippen molar-refractivity contribution in [3.63, 3.8) is 0 Å². The van der Waals surface area contributed by atoms with Gasteiger partial charge >= 0.3 is 6.18 Å². The molecule has 0 aliphatic carbocycles. The molecular weight excluding hydrogens is 394 g/mol. The average Bonchev–Trinajstić information content (AvgIpc) is 2.70. The van der Waals surface area contributed by atoms with Crippen LogP contribution in [0.4, 0.5) is 23.4 Å². The molecule has 4 rings (SSSR count). The maximum atomic E-state index is 14.2. The van der Waals surface area contributed by atoms with Gasteiger partial charge in [0, 0.05) is 24.2 Å². The molecule has 1 aromatic heterocycles. The Hall–Kier alpha value is -2.96. The van der Waals surface area contributed by atoms with E-state index in [2.05, 4.69) is 9.97 Å². The summed E-state index contributed by atoms with van der Waals surface area (Å²) in [5, 5.41) is 0. The lowest BCUT2D eigenvalue weighted by Crippen LogP contribution is -2.44. The topological polar surface area (TPSA) is 29.0 Å². The van der Waals surface area contributed by atoms with Gasteiger partial charge in [-0.25, -0.2) is 14.4 Å². The monoisotopic (exact) mass is 415 g/mol. The molecule has 156 valence electrons. The van der Waals surface area contributed by atoms with Crippen molar-refractivity contribution in [2.75, 3.05) is 11.4 Å². The largest absolute Gasteiger partial charge is 0.413 e. The van der Waals surface area contributed by atoms with E-state index < -0.39 is 12.2 Å². The van der Waals surface area contributed by atoms with Crippen LogP contribution in [0.3, 0.4) is 0 Å². The molecule has 0 spiro atoms. The predicted octanol–water partition coefficient (Wildman–Crippen LogP) is 5.49. The van der Waals surface area contributed by atoms with Gasteiger partial charge in [0.2, 0.25) is 0 Å². The van der Waals surface area contributed by atoms with Crippen LogP contribution in [0.25, 0.3) is 0 Å². The van der Waals surface area contributed by atoms with Crippen molar-refractivity contribution in [2.45, 2.75) is 38.9 Å². The summed E-state index contributed by atoms with van der Waals surface area (Å²) >= 11 is 0. The molecule has 3 nitrogen and oxygen atoms in total. The predicted molar refractivity (Wildman–Crippen MR) is 107 cm³/mol. The molecule has 1 aliphatic rings. The number of benzene rings is 2. The first-order valence-corrected chi connectivity index (χ1v) is 9.74. The summed E-state index contributed by atoms with van der Waals surface area (Å²) in [7, 11) is 0. The summed E-state index contributed by atoms with van der Waals surface area (Å²) in [6, 6.07) is 10.9. The van der Waals surface area contributed by atoms with Gasteiger partial charge in [0.15, 0.2) is 6.04 Å². The molecule has 1 aliphatic heterocycles. The van der Waals surface area contributed by atoms with Crippen molar-refractivity contribution in [3.05, 3.63) is 88.1 Å². The Morgan fingerprint density at radius 2 is 1.70 bits per heavy atom. The second kappa shape index (κ2) is 7.70. The van der Waals surface area contributed by atoms with Crippen molar-refractivity contribution in [1.82, 2.24) is 9.97 Å². The van der Waals surface area contributed by atoms with E-state index in [9.17, 15) is 17.6 Å². The smallest absolute Gasteiger partial charge is 0.340 e. The Balaban J connectivity index is 1.77. The quantitative estimate of drug-likeness (QED) is 0.530. The number of nitrogens with zero attached hydrogens (tertiary/aromatic N) is 3. The fraction of sp³-hybridized carbons (Fsp3) is 0.304. The molecule has 7 heteroatoms. The average molecular weight is 415 g/mol. The number of aromatic nitrogens is 2. The van der Waals surface area contributed by atoms with Crippen molar-refractivity contribution >= 4 is 5.82 Å². The van der Waals surface area contributed by atoms with E-state index in [1.807, 2.05) is 0 Å². The zero-order valence-electron chi connectivity index (χ0n) is 16.7. The molecular formula is C23H21F4N3. The number of fused-ring (bicyclic) bond motifs is 1. The van der Waals surface area contributed by atoms with Crippen LogP contribution < -0.4 is 4.90 Å². The fourth-order valence-corrected chi connectivity index (χ4v) is 3.96. The molecule has 0 N–H and O–H groups in total. The second-order valence-electron chi connectivity index (χ2n) is 7.56. The zero-order chi connectivity index (χ0) is 21.5. The molecule has 3 aromatic rings. The van der Waals surface area contributed by atoms with Crippen LogP contribution in [0.2, 0.25) is 0 Å². The molecule has 1 atom stereocenters. The van der Waals surface area contributed by atoms with E-state index in [4.69, 9.17) is 0 Å². The summed E-state index contributed by atoms with van der Waals surface area (Å²) in [5.74, 6) is 0.372. The van der Waals surface area contributed by atoms with Gasteiger partial charge in [-0.3, -0.25) is 0 Å². The minimum absolute atomic E-state index is 0.217. The van der Waals surface area contributed by atoms with Crippen molar-refractivity contribution in [1.29, 1.82) is 0 Å². The third-order valence-corrected chi connectivity index (χ3v) is 5.55. The Morgan fingerprint density at radius 3 is 2.40 bits per heavy atom. The van der Waals surface area contributed by atoms with Crippen LogP contribution in [0, 0.1) is 19.7 Å². The standard InChI is InChI=1S/C23H21F4N3/c1-14-15(2)28-20(13-16-7-9-18(24)10-8-16)29-22(14)30-12-11-17-5-3-4-6-19(17)21(30)23(25,26)27/h3-10,21H,11-13H2,1-2H3. The SMILES string of the molecule is Cc1nc(Cc2ccc(F)cc2)nc(N2CCc3ccccc3C2C(F)(F)F)c1C. The van der Waals surface area contributed by atoms with E-state index in [1.165, 1.54) is 17.0 Å². The van der Waals surface area contributed by atoms with Crippen LogP contribution in [0.5, 0.6) is 0 Å². The van der Waals surface area contributed by atoms with Gasteiger partial charge < -0.3 is 4.90 Å². The third-order valence-electron chi connectivity index (χ3n) is 5.55. The number of hydrogen-bond donors (Lipinski definition) is 0. The maximum absolute atomic E-state index is 14.2. The van der Waals surface area contributed by atoms with E-state index in [0.29, 0.717) is 41.3 Å². The summed E-state index contributed by atoms with van der Waals surface area (Å²) in [6.07, 6.45) is -3.62. The number of anilines is 1. The van der Waals surface area contributed by atoms with Crippen LogP contribution in [0.1, 0.15) is 39.8 Å². The highest BCUT2D eigenvalue weighted by molar-refractivity contribution is 5.54. The zero-order valence-corrected chi connectivity index (χ0v) is 16.7. The van der Waals surface area contributed by atoms with E-state index in [1.54, 1.807) is 50.2 Å². The van der Waals surface area contributed by atoms with Gasteiger partial charge in [-0.1, -0.05) is 36.4 Å². The van der Waals surface area contributed by atoms with E-state index in [-0.39, 0.29) is 17.9 Å². The molecule has 0 radical (unpaired) electrons. The number of rotatable bonds is 3. The second-order valence-corrected chi connectivity index (χ2v) is 7.56. The Bertz CT molecular complexity index is 1060. The summed E-state index contributed by atoms with van der Waals surface area (Å²) in [5.41, 5.74) is 3.04. The first-order chi connectivity index (χ1) is 14.2. The summed E-state index contributed by atoms with van der Waals surface area (Å²) in [6.45, 7) is 3.74. The van der Waals surface area contributed by atoms with E-state index in [0.717, 1.165) is 5.56 Å². The van der Waals surface area contributed by atoms with Gasteiger partial charge in [0.05, 0.1) is 0 Å². The molecule has 30 heavy (non-hydrogen) atoms. The molecule has 1 unspecified atom stereocenters. The fourth-order valence-electron chi connectivity index (χ4n) is 3.96. The van der Waals surface area contributed by atoms with Crippen molar-refractivity contribution in [2.24, 2.45) is 0 Å². The van der Waals surface area contributed by atoms with Gasteiger partial charge in [-0.15, -0.1) is 0 Å². The first kappa shape index (κ1) is 20.3. The van der Waals surface area contributed by atoms with Crippen LogP contribution in [0.15, 0.2) is 48.5 Å². The minimum Gasteiger partial charge on any atom is -0.340 e. The lowest BCUT2D eigenvalue weighted by atomic mass is 9.91. The molecule has 0 saturated carbocycles. The van der Waals surface area contributed by atoms with Crippen LogP contribution in [-0.2, 0) is 12.8 Å². The Labute approximate surface area is 172 Å². The molecule has 2 heterocycles. The molecule has 0 fully saturated rings. The molecule has 2 aromatic carbocycles. The maximum Gasteiger partial charge on any atom is 0.413 e. The van der Waals surface area contributed by atoms with Crippen molar-refractivity contribution < 1.29 is 17.6 Å². The van der Waals surface area contributed by atoms with Gasteiger partial charge in [0.1, 0.15) is 17.5 Å². The van der Waals surface area contributed by atoms with Gasteiger partial charge in [0.25, 0.3) is 0 Å². The van der Waals surface area contributed by atoms with Crippen LogP contribution >= 0.6 is 0 Å². The number of halogens is 4. The lowest BCUT2D eigenvalue weighted by Gasteiger charge is -2.39. The normalized spacial score (nSPS) is 16.5. The van der Waals surface area contributed by atoms with Gasteiger partial charge in [-0.05, 0) is 49.1 Å². The highest BCUT2D eigenvalue weighted by Crippen LogP contribution is 2.44. The molecule has 0 amide bonds. The number of aryl methyl sites for hydroxylation is 1.